The highest BCUT2D eigenvalue weighted by molar-refractivity contribution is 4.76. The fourth-order valence-electron chi connectivity index (χ4n) is 3.46. The molecule has 1 atom stereocenters. The fourth-order valence-corrected chi connectivity index (χ4v) is 3.46. The normalized spacial score (nSPS) is 29.5. The molecule has 2 fully saturated rings. The summed E-state index contributed by atoms with van der Waals surface area (Å²) in [7, 11) is 0. The summed E-state index contributed by atoms with van der Waals surface area (Å²) in [5.41, 5.74) is 0. The summed E-state index contributed by atoms with van der Waals surface area (Å²) in [6, 6.07) is 0. The van der Waals surface area contributed by atoms with E-state index in [0.29, 0.717) is 0 Å². The molecule has 0 aromatic rings. The average Bonchev–Trinajstić information content (AvgIpc) is 2.56. The lowest BCUT2D eigenvalue weighted by atomic mass is 9.89. The van der Waals surface area contributed by atoms with E-state index in [4.69, 9.17) is 0 Å². The monoisotopic (exact) mass is 238 g/mol. The summed E-state index contributed by atoms with van der Waals surface area (Å²) in [5, 5.41) is 3.47. The number of nitrogens with zero attached hydrogens (tertiary/aromatic N) is 1. The van der Waals surface area contributed by atoms with Gasteiger partial charge in [-0.1, -0.05) is 13.8 Å². The first kappa shape index (κ1) is 13.4. The molecule has 0 aromatic carbocycles. The molecule has 17 heavy (non-hydrogen) atoms. The van der Waals surface area contributed by atoms with Gasteiger partial charge in [0, 0.05) is 6.54 Å². The zero-order chi connectivity index (χ0) is 12.1. The van der Waals surface area contributed by atoms with E-state index in [1.165, 1.54) is 64.8 Å². The minimum absolute atomic E-state index is 0.883. The van der Waals surface area contributed by atoms with Crippen LogP contribution < -0.4 is 5.32 Å². The van der Waals surface area contributed by atoms with Gasteiger partial charge < -0.3 is 10.2 Å². The first-order valence-electron chi connectivity index (χ1n) is 7.69. The van der Waals surface area contributed by atoms with Gasteiger partial charge in [-0.3, -0.25) is 0 Å². The van der Waals surface area contributed by atoms with E-state index in [2.05, 4.69) is 24.1 Å². The molecule has 0 aliphatic carbocycles. The quantitative estimate of drug-likeness (QED) is 0.813. The molecule has 0 saturated carbocycles. The molecule has 2 heteroatoms. The molecule has 0 aromatic heterocycles. The zero-order valence-corrected chi connectivity index (χ0v) is 11.8. The molecule has 2 nitrogen and oxygen atoms in total. The van der Waals surface area contributed by atoms with E-state index < -0.39 is 0 Å². The molecule has 1 unspecified atom stereocenters. The van der Waals surface area contributed by atoms with Crippen molar-refractivity contribution >= 4 is 0 Å². The van der Waals surface area contributed by atoms with E-state index in [9.17, 15) is 0 Å². The third-order valence-corrected chi connectivity index (χ3v) is 4.78. The first-order chi connectivity index (χ1) is 8.25. The molecule has 1 N–H and O–H groups in total. The summed E-state index contributed by atoms with van der Waals surface area (Å²) >= 11 is 0. The van der Waals surface area contributed by atoms with E-state index in [1.54, 1.807) is 0 Å². The Kier molecular flexibility index (Phi) is 5.30. The Labute approximate surface area is 107 Å². The van der Waals surface area contributed by atoms with Gasteiger partial charge in [0.15, 0.2) is 0 Å². The maximum Gasteiger partial charge on any atom is 0.00106 e. The third kappa shape index (κ3) is 4.26. The van der Waals surface area contributed by atoms with Crippen LogP contribution in [-0.4, -0.2) is 37.6 Å². The van der Waals surface area contributed by atoms with Crippen molar-refractivity contribution in [1.29, 1.82) is 0 Å². The highest BCUT2D eigenvalue weighted by Gasteiger charge is 2.22. The van der Waals surface area contributed by atoms with E-state index in [1.807, 2.05) is 0 Å². The Morgan fingerprint density at radius 2 is 1.82 bits per heavy atom. The van der Waals surface area contributed by atoms with Gasteiger partial charge >= 0.3 is 0 Å². The number of rotatable bonds is 3. The topological polar surface area (TPSA) is 15.3 Å². The van der Waals surface area contributed by atoms with Gasteiger partial charge in [0.2, 0.25) is 0 Å². The number of likely N-dealkylation sites (tertiary alicyclic amines) is 1. The van der Waals surface area contributed by atoms with Gasteiger partial charge in [-0.25, -0.2) is 0 Å². The van der Waals surface area contributed by atoms with Crippen LogP contribution in [0.4, 0.5) is 0 Å². The minimum atomic E-state index is 0.883. The highest BCUT2D eigenvalue weighted by atomic mass is 15.1. The Hall–Kier alpha value is -0.0800. The SMILES string of the molecule is CC(C)C1CCCN(CC2CCNCC2)CC1. The Morgan fingerprint density at radius 1 is 1.06 bits per heavy atom. The van der Waals surface area contributed by atoms with Crippen LogP contribution in [0.25, 0.3) is 0 Å². The summed E-state index contributed by atoms with van der Waals surface area (Å²) in [6.45, 7) is 11.4. The van der Waals surface area contributed by atoms with Crippen molar-refractivity contribution in [3.63, 3.8) is 0 Å². The van der Waals surface area contributed by atoms with E-state index in [0.717, 1.165) is 17.8 Å². The van der Waals surface area contributed by atoms with Crippen LogP contribution >= 0.6 is 0 Å². The average molecular weight is 238 g/mol. The molecule has 0 bridgehead atoms. The van der Waals surface area contributed by atoms with Crippen molar-refractivity contribution in [3.8, 4) is 0 Å². The zero-order valence-electron chi connectivity index (χ0n) is 11.8. The molecule has 2 heterocycles. The van der Waals surface area contributed by atoms with Gasteiger partial charge in [0.05, 0.1) is 0 Å². The molecule has 2 rings (SSSR count). The standard InChI is InChI=1S/C15H30N2/c1-13(2)15-4-3-10-17(11-7-15)12-14-5-8-16-9-6-14/h13-16H,3-12H2,1-2H3. The highest BCUT2D eigenvalue weighted by Crippen LogP contribution is 2.25. The lowest BCUT2D eigenvalue weighted by molar-refractivity contribution is 0.207. The molecule has 2 aliphatic heterocycles. The predicted octanol–water partition coefficient (Wildman–Crippen LogP) is 2.74. The van der Waals surface area contributed by atoms with Crippen molar-refractivity contribution in [1.82, 2.24) is 10.2 Å². The maximum absolute atomic E-state index is 3.47. The number of piperidine rings is 1. The molecule has 100 valence electrons. The van der Waals surface area contributed by atoms with E-state index in [-0.39, 0.29) is 0 Å². The molecule has 0 amide bonds. The van der Waals surface area contributed by atoms with Crippen molar-refractivity contribution in [2.75, 3.05) is 32.7 Å². The van der Waals surface area contributed by atoms with Crippen LogP contribution in [0.3, 0.4) is 0 Å². The molecular weight excluding hydrogens is 208 g/mol. The lowest BCUT2D eigenvalue weighted by Crippen LogP contribution is -2.36. The van der Waals surface area contributed by atoms with Crippen LogP contribution in [-0.2, 0) is 0 Å². The second-order valence-electron chi connectivity index (χ2n) is 6.43. The summed E-state index contributed by atoms with van der Waals surface area (Å²) in [6.07, 6.45) is 7.10. The van der Waals surface area contributed by atoms with Crippen LogP contribution in [0.5, 0.6) is 0 Å². The fraction of sp³-hybridized carbons (Fsp3) is 1.00. The van der Waals surface area contributed by atoms with Gasteiger partial charge in [-0.05, 0) is 76.0 Å². The number of hydrogen-bond acceptors (Lipinski definition) is 2. The molecule has 2 saturated heterocycles. The van der Waals surface area contributed by atoms with Gasteiger partial charge in [0.25, 0.3) is 0 Å². The van der Waals surface area contributed by atoms with Crippen molar-refractivity contribution in [2.24, 2.45) is 17.8 Å². The van der Waals surface area contributed by atoms with Gasteiger partial charge in [-0.2, -0.15) is 0 Å². The number of nitrogens with one attached hydrogen (secondary N) is 1. The van der Waals surface area contributed by atoms with Crippen molar-refractivity contribution in [3.05, 3.63) is 0 Å². The molecule has 0 radical (unpaired) electrons. The molecule has 2 aliphatic rings. The first-order valence-corrected chi connectivity index (χ1v) is 7.69. The molecular formula is C15H30N2. The maximum atomic E-state index is 3.47. The second-order valence-corrected chi connectivity index (χ2v) is 6.43. The van der Waals surface area contributed by atoms with Gasteiger partial charge in [-0.15, -0.1) is 0 Å². The predicted molar refractivity (Wildman–Crippen MR) is 74.2 cm³/mol. The summed E-state index contributed by atoms with van der Waals surface area (Å²) in [4.78, 5) is 2.75. The molecule has 0 spiro atoms. The largest absolute Gasteiger partial charge is 0.317 e. The Bertz CT molecular complexity index is 209. The Morgan fingerprint density at radius 3 is 2.53 bits per heavy atom. The van der Waals surface area contributed by atoms with Crippen LogP contribution in [0, 0.1) is 17.8 Å². The summed E-state index contributed by atoms with van der Waals surface area (Å²) < 4.78 is 0. The third-order valence-electron chi connectivity index (χ3n) is 4.78. The van der Waals surface area contributed by atoms with Gasteiger partial charge in [0.1, 0.15) is 0 Å². The second kappa shape index (κ2) is 6.75. The van der Waals surface area contributed by atoms with Crippen molar-refractivity contribution in [2.45, 2.75) is 46.0 Å². The smallest absolute Gasteiger partial charge is 0.00106 e. The summed E-state index contributed by atoms with van der Waals surface area (Å²) in [5.74, 6) is 2.83. The van der Waals surface area contributed by atoms with Crippen LogP contribution in [0.15, 0.2) is 0 Å². The minimum Gasteiger partial charge on any atom is -0.317 e. The Balaban J connectivity index is 1.74. The van der Waals surface area contributed by atoms with Crippen molar-refractivity contribution < 1.29 is 0 Å². The van der Waals surface area contributed by atoms with Crippen LogP contribution in [0.1, 0.15) is 46.0 Å². The lowest BCUT2D eigenvalue weighted by Gasteiger charge is -2.29. The van der Waals surface area contributed by atoms with Crippen LogP contribution in [0.2, 0.25) is 0 Å². The van der Waals surface area contributed by atoms with E-state index >= 15 is 0 Å². The number of hydrogen-bond donors (Lipinski definition) is 1.